The molecular weight excluding hydrogens is 398 g/mol. The van der Waals surface area contributed by atoms with Crippen molar-refractivity contribution in [1.29, 1.82) is 0 Å². The van der Waals surface area contributed by atoms with Crippen molar-refractivity contribution >= 4 is 16.8 Å². The molecule has 1 atom stereocenters. The van der Waals surface area contributed by atoms with Gasteiger partial charge in [-0.15, -0.1) is 0 Å². The molecule has 0 unspecified atom stereocenters. The van der Waals surface area contributed by atoms with Gasteiger partial charge in [0.05, 0.1) is 16.9 Å². The van der Waals surface area contributed by atoms with E-state index < -0.39 is 0 Å². The van der Waals surface area contributed by atoms with E-state index in [1.165, 1.54) is 5.56 Å². The third kappa shape index (κ3) is 5.09. The number of hydrogen-bond acceptors (Lipinski definition) is 3. The summed E-state index contributed by atoms with van der Waals surface area (Å²) in [4.78, 5) is 33.4. The van der Waals surface area contributed by atoms with Crippen LogP contribution in [-0.2, 0) is 13.0 Å². The lowest BCUT2D eigenvalue weighted by atomic mass is 10.0. The van der Waals surface area contributed by atoms with Gasteiger partial charge in [0, 0.05) is 18.7 Å². The van der Waals surface area contributed by atoms with Gasteiger partial charge in [-0.2, -0.15) is 0 Å². The maximum absolute atomic E-state index is 13.5. The van der Waals surface area contributed by atoms with Gasteiger partial charge in [0.1, 0.15) is 5.82 Å². The summed E-state index contributed by atoms with van der Waals surface area (Å²) >= 11 is 0. The zero-order chi connectivity index (χ0) is 23.1. The van der Waals surface area contributed by atoms with Crippen molar-refractivity contribution in [2.45, 2.75) is 72.4 Å². The maximum Gasteiger partial charge on any atom is 0.261 e. The van der Waals surface area contributed by atoms with E-state index in [-0.39, 0.29) is 17.5 Å². The zero-order valence-electron chi connectivity index (χ0n) is 19.8. The molecule has 5 nitrogen and oxygen atoms in total. The first kappa shape index (κ1) is 23.7. The van der Waals surface area contributed by atoms with Gasteiger partial charge in [-0.1, -0.05) is 51.5 Å². The molecule has 0 aliphatic rings. The molecule has 0 spiro atoms. The van der Waals surface area contributed by atoms with Crippen LogP contribution in [0.25, 0.3) is 10.9 Å². The second-order valence-electron chi connectivity index (χ2n) is 8.42. The molecule has 0 aliphatic heterocycles. The molecule has 0 fully saturated rings. The molecule has 1 heterocycles. The van der Waals surface area contributed by atoms with Gasteiger partial charge in [0.15, 0.2) is 0 Å². The van der Waals surface area contributed by atoms with Crippen LogP contribution in [0, 0.1) is 0 Å². The predicted molar refractivity (Wildman–Crippen MR) is 131 cm³/mol. The lowest BCUT2D eigenvalue weighted by Crippen LogP contribution is -2.38. The summed E-state index contributed by atoms with van der Waals surface area (Å²) in [5.41, 5.74) is 2.57. The van der Waals surface area contributed by atoms with Crippen LogP contribution in [0.2, 0.25) is 0 Å². The van der Waals surface area contributed by atoms with Crippen molar-refractivity contribution in [1.82, 2.24) is 14.5 Å². The number of carbonyl (C=O) groups is 1. The van der Waals surface area contributed by atoms with E-state index in [9.17, 15) is 9.59 Å². The number of aryl methyl sites for hydroxylation is 1. The lowest BCUT2D eigenvalue weighted by Gasteiger charge is -2.30. The van der Waals surface area contributed by atoms with Crippen LogP contribution >= 0.6 is 0 Å². The van der Waals surface area contributed by atoms with Crippen molar-refractivity contribution in [3.8, 4) is 0 Å². The van der Waals surface area contributed by atoms with E-state index in [0.29, 0.717) is 35.4 Å². The number of hydrogen-bond donors (Lipinski definition) is 0. The fourth-order valence-electron chi connectivity index (χ4n) is 4.16. The minimum Gasteiger partial charge on any atom is -0.329 e. The highest BCUT2D eigenvalue weighted by Crippen LogP contribution is 2.23. The molecule has 0 bridgehead atoms. The van der Waals surface area contributed by atoms with Crippen molar-refractivity contribution in [2.75, 3.05) is 6.54 Å². The van der Waals surface area contributed by atoms with Gasteiger partial charge >= 0.3 is 0 Å². The van der Waals surface area contributed by atoms with Crippen molar-refractivity contribution in [3.63, 3.8) is 0 Å². The van der Waals surface area contributed by atoms with Crippen LogP contribution in [0.5, 0.6) is 0 Å². The second-order valence-corrected chi connectivity index (χ2v) is 8.42. The van der Waals surface area contributed by atoms with E-state index >= 15 is 0 Å². The number of fused-ring (bicyclic) bond motifs is 1. The first-order valence-corrected chi connectivity index (χ1v) is 11.9. The number of nitrogens with zero attached hydrogens (tertiary/aromatic N) is 3. The fourth-order valence-corrected chi connectivity index (χ4v) is 4.16. The minimum atomic E-state index is -0.314. The Morgan fingerprint density at radius 3 is 2.38 bits per heavy atom. The Labute approximate surface area is 191 Å². The monoisotopic (exact) mass is 433 g/mol. The smallest absolute Gasteiger partial charge is 0.261 e. The summed E-state index contributed by atoms with van der Waals surface area (Å²) in [5.74, 6) is 0.628. The number of unbranched alkanes of at least 4 members (excludes halogenated alkanes) is 1. The minimum absolute atomic E-state index is 0.0214. The predicted octanol–water partition coefficient (Wildman–Crippen LogP) is 5.76. The van der Waals surface area contributed by atoms with Gasteiger partial charge < -0.3 is 4.90 Å². The second kappa shape index (κ2) is 11.1. The number of amides is 1. The van der Waals surface area contributed by atoms with Gasteiger partial charge in [-0.3, -0.25) is 14.2 Å². The molecule has 0 aliphatic carbocycles. The molecule has 0 N–H and O–H groups in total. The van der Waals surface area contributed by atoms with Gasteiger partial charge in [-0.05, 0) is 62.4 Å². The summed E-state index contributed by atoms with van der Waals surface area (Å²) in [6.45, 7) is 9.45. The largest absolute Gasteiger partial charge is 0.329 e. The molecule has 2 aromatic carbocycles. The van der Waals surface area contributed by atoms with Crippen molar-refractivity contribution in [3.05, 3.63) is 75.8 Å². The van der Waals surface area contributed by atoms with E-state index in [1.54, 1.807) is 4.57 Å². The van der Waals surface area contributed by atoms with Crippen LogP contribution in [0.15, 0.2) is 53.3 Å². The number of para-hydroxylation sites is 1. The Morgan fingerprint density at radius 2 is 1.72 bits per heavy atom. The third-order valence-corrected chi connectivity index (χ3v) is 5.92. The summed E-state index contributed by atoms with van der Waals surface area (Å²) in [6.07, 6.45) is 4.98. The van der Waals surface area contributed by atoms with Gasteiger partial charge in [0.2, 0.25) is 0 Å². The first-order chi connectivity index (χ1) is 15.5. The molecule has 3 rings (SSSR count). The third-order valence-electron chi connectivity index (χ3n) is 5.92. The van der Waals surface area contributed by atoms with E-state index in [0.717, 1.165) is 32.1 Å². The van der Waals surface area contributed by atoms with Gasteiger partial charge in [-0.25, -0.2) is 4.98 Å². The quantitative estimate of drug-likeness (QED) is 0.408. The summed E-state index contributed by atoms with van der Waals surface area (Å²) in [5, 5.41) is 0.618. The molecule has 1 aromatic heterocycles. The Hall–Kier alpha value is -2.95. The summed E-state index contributed by atoms with van der Waals surface area (Å²) in [6, 6.07) is 15.1. The molecule has 0 saturated carbocycles. The molecule has 5 heteroatoms. The zero-order valence-corrected chi connectivity index (χ0v) is 19.8. The van der Waals surface area contributed by atoms with Crippen LogP contribution in [0.1, 0.15) is 81.2 Å². The van der Waals surface area contributed by atoms with Gasteiger partial charge in [0.25, 0.3) is 11.5 Å². The standard InChI is InChI=1S/C27H35N3O2/c1-5-8-11-21-14-16-22(17-15-21)26(31)29(18-6-2)20(4)25-28-24-13-10-9-12-23(24)27(32)30(25)19-7-3/h9-10,12-17,20H,5-8,11,18-19H2,1-4H3/t20-/m1/s1. The normalized spacial score (nSPS) is 12.1. The highest BCUT2D eigenvalue weighted by Gasteiger charge is 2.26. The fraction of sp³-hybridized carbons (Fsp3) is 0.444. The maximum atomic E-state index is 13.5. The van der Waals surface area contributed by atoms with Crippen LogP contribution in [0.3, 0.4) is 0 Å². The van der Waals surface area contributed by atoms with Crippen LogP contribution < -0.4 is 5.56 Å². The molecular formula is C27H35N3O2. The van der Waals surface area contributed by atoms with Crippen LogP contribution in [0.4, 0.5) is 0 Å². The highest BCUT2D eigenvalue weighted by atomic mass is 16.2. The number of benzene rings is 2. The number of aromatic nitrogens is 2. The van der Waals surface area contributed by atoms with E-state index in [4.69, 9.17) is 4.98 Å². The van der Waals surface area contributed by atoms with Crippen molar-refractivity contribution < 1.29 is 4.79 Å². The Bertz CT molecular complexity index is 1100. The first-order valence-electron chi connectivity index (χ1n) is 11.9. The molecule has 1 amide bonds. The molecule has 0 saturated heterocycles. The molecule has 32 heavy (non-hydrogen) atoms. The number of carbonyl (C=O) groups excluding carboxylic acids is 1. The summed E-state index contributed by atoms with van der Waals surface area (Å²) < 4.78 is 1.75. The summed E-state index contributed by atoms with van der Waals surface area (Å²) in [7, 11) is 0. The van der Waals surface area contributed by atoms with E-state index in [1.807, 2.05) is 55.1 Å². The SMILES string of the molecule is CCCCc1ccc(C(=O)N(CCC)[C@H](C)c2nc3ccccc3c(=O)n2CCC)cc1. The Kier molecular flexibility index (Phi) is 8.20. The van der Waals surface area contributed by atoms with Crippen molar-refractivity contribution in [2.24, 2.45) is 0 Å². The topological polar surface area (TPSA) is 55.2 Å². The van der Waals surface area contributed by atoms with E-state index in [2.05, 4.69) is 26.0 Å². The average Bonchev–Trinajstić information content (AvgIpc) is 2.82. The molecule has 0 radical (unpaired) electrons. The lowest BCUT2D eigenvalue weighted by molar-refractivity contribution is 0.0679. The van der Waals surface area contributed by atoms with Crippen LogP contribution in [-0.4, -0.2) is 26.9 Å². The Balaban J connectivity index is 1.99. The highest BCUT2D eigenvalue weighted by molar-refractivity contribution is 5.94. The average molecular weight is 434 g/mol. The number of rotatable bonds is 10. The molecule has 170 valence electrons. The Morgan fingerprint density at radius 1 is 1.00 bits per heavy atom. The molecule has 3 aromatic rings.